The van der Waals surface area contributed by atoms with Gasteiger partial charge in [-0.25, -0.2) is 0 Å². The molecule has 0 spiro atoms. The molecule has 100 valence electrons. The van der Waals surface area contributed by atoms with E-state index < -0.39 is 0 Å². The highest BCUT2D eigenvalue weighted by atomic mass is 79.9. The molecule has 1 atom stereocenters. The molecule has 2 rings (SSSR count). The number of nitrogens with one attached hydrogen (secondary N) is 1. The van der Waals surface area contributed by atoms with Crippen molar-refractivity contribution < 1.29 is 4.79 Å². The van der Waals surface area contributed by atoms with Gasteiger partial charge in [-0.3, -0.25) is 4.79 Å². The van der Waals surface area contributed by atoms with Gasteiger partial charge in [0.25, 0.3) is 5.91 Å². The molecule has 0 aliphatic rings. The zero-order valence-corrected chi connectivity index (χ0v) is 13.8. The first-order valence-corrected chi connectivity index (χ1v) is 7.44. The maximum atomic E-state index is 12.2. The van der Waals surface area contributed by atoms with Crippen LogP contribution in [-0.2, 0) is 7.05 Å². The molecule has 0 bridgehead atoms. The molecule has 3 nitrogen and oxygen atoms in total. The fourth-order valence-electron chi connectivity index (χ4n) is 1.86. The minimum absolute atomic E-state index is 0.0331. The number of benzene rings is 1. The van der Waals surface area contributed by atoms with Crippen LogP contribution in [0, 0.1) is 0 Å². The molecule has 0 aliphatic heterocycles. The van der Waals surface area contributed by atoms with Gasteiger partial charge in [0, 0.05) is 22.2 Å². The Labute approximate surface area is 129 Å². The molecule has 1 N–H and O–H groups in total. The molecule has 2 aromatic rings. The molecule has 1 aromatic heterocycles. The van der Waals surface area contributed by atoms with Gasteiger partial charge in [0.05, 0.1) is 6.04 Å². The standard InChI is InChI=1S/C14H14Br2N2O/c1-9(10-3-5-11(15)6-4-10)17-14(19)13-7-12(16)8-18(13)2/h3-9H,1-2H3,(H,17,19)/t9-/m1/s1. The summed E-state index contributed by atoms with van der Waals surface area (Å²) < 4.78 is 3.73. The van der Waals surface area contributed by atoms with Gasteiger partial charge in [-0.1, -0.05) is 28.1 Å². The van der Waals surface area contributed by atoms with Crippen molar-refractivity contribution in [2.75, 3.05) is 0 Å². The largest absolute Gasteiger partial charge is 0.345 e. The summed E-state index contributed by atoms with van der Waals surface area (Å²) in [6.45, 7) is 1.97. The lowest BCUT2D eigenvalue weighted by Crippen LogP contribution is -2.28. The van der Waals surface area contributed by atoms with E-state index >= 15 is 0 Å². The molecular formula is C14H14Br2N2O. The van der Waals surface area contributed by atoms with Crippen molar-refractivity contribution in [3.8, 4) is 0 Å². The van der Waals surface area contributed by atoms with E-state index in [9.17, 15) is 4.79 Å². The Morgan fingerprint density at radius 2 is 1.84 bits per heavy atom. The van der Waals surface area contributed by atoms with Gasteiger partial charge in [-0.05, 0) is 46.6 Å². The molecule has 0 saturated heterocycles. The third-order valence-electron chi connectivity index (χ3n) is 2.92. The second-order valence-electron chi connectivity index (χ2n) is 4.40. The lowest BCUT2D eigenvalue weighted by atomic mass is 10.1. The third-order valence-corrected chi connectivity index (χ3v) is 3.88. The second kappa shape index (κ2) is 5.92. The van der Waals surface area contributed by atoms with Crippen LogP contribution >= 0.6 is 31.9 Å². The van der Waals surface area contributed by atoms with Crippen molar-refractivity contribution in [1.82, 2.24) is 9.88 Å². The number of amides is 1. The van der Waals surface area contributed by atoms with Gasteiger partial charge in [-0.2, -0.15) is 0 Å². The highest BCUT2D eigenvalue weighted by molar-refractivity contribution is 9.10. The zero-order valence-electron chi connectivity index (χ0n) is 10.7. The highest BCUT2D eigenvalue weighted by Crippen LogP contribution is 2.18. The monoisotopic (exact) mass is 384 g/mol. The summed E-state index contributed by atoms with van der Waals surface area (Å²) in [6.07, 6.45) is 1.86. The Bertz CT molecular complexity index is 590. The fraction of sp³-hybridized carbons (Fsp3) is 0.214. The molecule has 0 fully saturated rings. The molecule has 19 heavy (non-hydrogen) atoms. The molecule has 1 aromatic carbocycles. The second-order valence-corrected chi connectivity index (χ2v) is 6.23. The summed E-state index contributed by atoms with van der Waals surface area (Å²) >= 11 is 6.76. The van der Waals surface area contributed by atoms with Crippen LogP contribution in [0.5, 0.6) is 0 Å². The smallest absolute Gasteiger partial charge is 0.268 e. The Balaban J connectivity index is 2.10. The first-order valence-electron chi connectivity index (χ1n) is 5.85. The summed E-state index contributed by atoms with van der Waals surface area (Å²) in [7, 11) is 1.85. The fourth-order valence-corrected chi connectivity index (χ4v) is 2.64. The lowest BCUT2D eigenvalue weighted by molar-refractivity contribution is 0.0931. The van der Waals surface area contributed by atoms with Crippen molar-refractivity contribution in [1.29, 1.82) is 0 Å². The van der Waals surface area contributed by atoms with Crippen molar-refractivity contribution in [2.45, 2.75) is 13.0 Å². The van der Waals surface area contributed by atoms with E-state index in [0.29, 0.717) is 5.69 Å². The van der Waals surface area contributed by atoms with Gasteiger partial charge in [0.15, 0.2) is 0 Å². The number of halogens is 2. The van der Waals surface area contributed by atoms with Crippen LogP contribution in [-0.4, -0.2) is 10.5 Å². The third kappa shape index (κ3) is 3.48. The van der Waals surface area contributed by atoms with Crippen molar-refractivity contribution in [2.24, 2.45) is 7.05 Å². The Kier molecular flexibility index (Phi) is 4.47. The number of hydrogen-bond acceptors (Lipinski definition) is 1. The molecule has 1 amide bonds. The van der Waals surface area contributed by atoms with E-state index in [1.807, 2.05) is 50.5 Å². The van der Waals surface area contributed by atoms with Gasteiger partial charge < -0.3 is 9.88 Å². The average molecular weight is 386 g/mol. The van der Waals surface area contributed by atoms with Crippen molar-refractivity contribution in [3.05, 3.63) is 56.7 Å². The van der Waals surface area contributed by atoms with E-state index in [-0.39, 0.29) is 11.9 Å². The summed E-state index contributed by atoms with van der Waals surface area (Å²) in [5, 5.41) is 2.99. The average Bonchev–Trinajstić information content (AvgIpc) is 2.69. The molecule has 1 heterocycles. The van der Waals surface area contributed by atoms with E-state index in [2.05, 4.69) is 37.2 Å². The van der Waals surface area contributed by atoms with Crippen LogP contribution in [0.1, 0.15) is 29.0 Å². The Morgan fingerprint density at radius 3 is 2.37 bits per heavy atom. The highest BCUT2D eigenvalue weighted by Gasteiger charge is 2.14. The van der Waals surface area contributed by atoms with Crippen molar-refractivity contribution >= 4 is 37.8 Å². The quantitative estimate of drug-likeness (QED) is 0.849. The summed E-state index contributed by atoms with van der Waals surface area (Å²) in [4.78, 5) is 12.2. The molecule has 0 saturated carbocycles. The molecule has 0 aliphatic carbocycles. The number of aromatic nitrogens is 1. The number of carbonyl (C=O) groups is 1. The normalized spacial score (nSPS) is 12.2. The lowest BCUT2D eigenvalue weighted by Gasteiger charge is -2.14. The number of nitrogens with zero attached hydrogens (tertiary/aromatic N) is 1. The van der Waals surface area contributed by atoms with Crippen LogP contribution in [0.15, 0.2) is 45.5 Å². The molecular weight excluding hydrogens is 372 g/mol. The van der Waals surface area contributed by atoms with E-state index in [1.54, 1.807) is 4.57 Å². The minimum atomic E-state index is -0.0800. The molecule has 0 radical (unpaired) electrons. The Morgan fingerprint density at radius 1 is 1.21 bits per heavy atom. The first-order chi connectivity index (χ1) is 8.97. The molecule has 5 heteroatoms. The van der Waals surface area contributed by atoms with Crippen LogP contribution in [0.2, 0.25) is 0 Å². The molecule has 0 unspecified atom stereocenters. The topological polar surface area (TPSA) is 34.0 Å². The predicted octanol–water partition coefficient (Wildman–Crippen LogP) is 4.04. The number of aryl methyl sites for hydroxylation is 1. The number of carbonyl (C=O) groups excluding carboxylic acids is 1. The predicted molar refractivity (Wildman–Crippen MR) is 83.1 cm³/mol. The summed E-state index contributed by atoms with van der Waals surface area (Å²) in [5.41, 5.74) is 1.71. The number of rotatable bonds is 3. The van der Waals surface area contributed by atoms with Crippen LogP contribution in [0.4, 0.5) is 0 Å². The van der Waals surface area contributed by atoms with Crippen LogP contribution in [0.25, 0.3) is 0 Å². The SMILES string of the molecule is C[C@@H](NC(=O)c1cc(Br)cn1C)c1ccc(Br)cc1. The van der Waals surface area contributed by atoms with Crippen LogP contribution < -0.4 is 5.32 Å². The zero-order chi connectivity index (χ0) is 14.0. The minimum Gasteiger partial charge on any atom is -0.345 e. The van der Waals surface area contributed by atoms with Crippen molar-refractivity contribution in [3.63, 3.8) is 0 Å². The van der Waals surface area contributed by atoms with Gasteiger partial charge in [0.2, 0.25) is 0 Å². The Hall–Kier alpha value is -1.07. The van der Waals surface area contributed by atoms with E-state index in [4.69, 9.17) is 0 Å². The summed E-state index contributed by atoms with van der Waals surface area (Å²) in [5.74, 6) is -0.0800. The van der Waals surface area contributed by atoms with Gasteiger partial charge >= 0.3 is 0 Å². The first kappa shape index (κ1) is 14.3. The maximum absolute atomic E-state index is 12.2. The van der Waals surface area contributed by atoms with E-state index in [0.717, 1.165) is 14.5 Å². The summed E-state index contributed by atoms with van der Waals surface area (Å²) in [6, 6.07) is 9.71. The van der Waals surface area contributed by atoms with E-state index in [1.165, 1.54) is 0 Å². The number of hydrogen-bond donors (Lipinski definition) is 1. The van der Waals surface area contributed by atoms with Gasteiger partial charge in [0.1, 0.15) is 5.69 Å². The van der Waals surface area contributed by atoms with Crippen LogP contribution in [0.3, 0.4) is 0 Å². The maximum Gasteiger partial charge on any atom is 0.268 e. The van der Waals surface area contributed by atoms with Gasteiger partial charge in [-0.15, -0.1) is 0 Å².